The van der Waals surface area contributed by atoms with Gasteiger partial charge in [-0.05, 0) is 19.1 Å². The van der Waals surface area contributed by atoms with Crippen molar-refractivity contribution in [3.8, 4) is 5.69 Å². The molecule has 2 rings (SSSR count). The molecule has 0 saturated heterocycles. The summed E-state index contributed by atoms with van der Waals surface area (Å²) in [4.78, 5) is 16.8. The van der Waals surface area contributed by atoms with Gasteiger partial charge < -0.3 is 10.5 Å². The average molecular weight is 406 g/mol. The highest BCUT2D eigenvalue weighted by Gasteiger charge is 2.31. The van der Waals surface area contributed by atoms with E-state index in [9.17, 15) is 4.79 Å². The topological polar surface area (TPSA) is 83.0 Å². The number of aryl methyl sites for hydroxylation is 1. The zero-order chi connectivity index (χ0) is 19.0. The van der Waals surface area contributed by atoms with Gasteiger partial charge in [0.05, 0.1) is 23.3 Å². The summed E-state index contributed by atoms with van der Waals surface area (Å²) < 4.78 is 4.78. The van der Waals surface area contributed by atoms with Crippen molar-refractivity contribution in [2.75, 3.05) is 12.3 Å². The molecule has 2 aromatic heterocycles. The lowest BCUT2D eigenvalue weighted by Gasteiger charge is -2.15. The van der Waals surface area contributed by atoms with Crippen LogP contribution in [0.1, 0.15) is 42.6 Å². The van der Waals surface area contributed by atoms with Crippen molar-refractivity contribution >= 4 is 46.5 Å². The first-order valence-electron chi connectivity index (χ1n) is 7.46. The Kier molecular flexibility index (Phi) is 5.56. The Morgan fingerprint density at radius 2 is 1.92 bits per heavy atom. The van der Waals surface area contributed by atoms with Gasteiger partial charge in [-0.3, -0.25) is 4.98 Å². The SMILES string of the molecule is Cc1ccc(-n2nc(C(C)(C)C)c(N)c2C(=O)OCC(Cl)(Cl)Cl)cn1. The number of nitrogen functional groups attached to an aromatic ring is 1. The number of nitrogens with zero attached hydrogens (tertiary/aromatic N) is 3. The van der Waals surface area contributed by atoms with Crippen molar-refractivity contribution in [1.82, 2.24) is 14.8 Å². The lowest BCUT2D eigenvalue weighted by molar-refractivity contribution is 0.0503. The Bertz CT molecular complexity index is 774. The number of esters is 1. The van der Waals surface area contributed by atoms with Crippen LogP contribution < -0.4 is 5.73 Å². The summed E-state index contributed by atoms with van der Waals surface area (Å²) in [5.74, 6) is -0.729. The van der Waals surface area contributed by atoms with Crippen molar-refractivity contribution in [2.45, 2.75) is 36.9 Å². The van der Waals surface area contributed by atoms with Crippen LogP contribution in [0.5, 0.6) is 0 Å². The number of hydrogen-bond acceptors (Lipinski definition) is 5. The number of carbonyl (C=O) groups is 1. The summed E-state index contributed by atoms with van der Waals surface area (Å²) >= 11 is 16.9. The smallest absolute Gasteiger partial charge is 0.359 e. The maximum absolute atomic E-state index is 12.6. The van der Waals surface area contributed by atoms with Crippen LogP contribution in [0, 0.1) is 6.92 Å². The van der Waals surface area contributed by atoms with E-state index >= 15 is 0 Å². The second kappa shape index (κ2) is 7.02. The predicted molar refractivity (Wildman–Crippen MR) is 99.8 cm³/mol. The first kappa shape index (κ1) is 19.8. The molecule has 0 spiro atoms. The Morgan fingerprint density at radius 3 is 2.40 bits per heavy atom. The van der Waals surface area contributed by atoms with E-state index in [-0.39, 0.29) is 16.8 Å². The Labute approximate surface area is 161 Å². The van der Waals surface area contributed by atoms with E-state index in [4.69, 9.17) is 45.3 Å². The van der Waals surface area contributed by atoms with Gasteiger partial charge in [-0.1, -0.05) is 55.6 Å². The molecule has 0 atom stereocenters. The van der Waals surface area contributed by atoms with Gasteiger partial charge in [0.15, 0.2) is 5.69 Å². The minimum atomic E-state index is -1.71. The fourth-order valence-corrected chi connectivity index (χ4v) is 2.33. The molecule has 0 saturated carbocycles. The molecule has 2 N–H and O–H groups in total. The highest BCUT2D eigenvalue weighted by atomic mass is 35.6. The Hall–Kier alpha value is -1.50. The number of aromatic nitrogens is 3. The third kappa shape index (κ3) is 4.77. The van der Waals surface area contributed by atoms with Gasteiger partial charge in [0.1, 0.15) is 6.61 Å². The molecular weight excluding hydrogens is 387 g/mol. The second-order valence-corrected chi connectivity index (χ2v) is 9.14. The van der Waals surface area contributed by atoms with Gasteiger partial charge in [-0.2, -0.15) is 5.10 Å². The van der Waals surface area contributed by atoms with Crippen LogP contribution in [0.4, 0.5) is 5.69 Å². The van der Waals surface area contributed by atoms with E-state index in [1.807, 2.05) is 27.7 Å². The molecule has 6 nitrogen and oxygen atoms in total. The number of hydrogen-bond donors (Lipinski definition) is 1. The summed E-state index contributed by atoms with van der Waals surface area (Å²) in [6.07, 6.45) is 1.60. The van der Waals surface area contributed by atoms with E-state index in [1.54, 1.807) is 18.3 Å². The molecule has 0 aliphatic carbocycles. The minimum Gasteiger partial charge on any atom is -0.456 e. The van der Waals surface area contributed by atoms with Gasteiger partial charge in [-0.25, -0.2) is 9.48 Å². The zero-order valence-corrected chi connectivity index (χ0v) is 16.6. The predicted octanol–water partition coefficient (Wildman–Crippen LogP) is 3.98. The molecule has 0 bridgehead atoms. The summed E-state index contributed by atoms with van der Waals surface area (Å²) in [6, 6.07) is 3.59. The molecule has 0 aliphatic rings. The number of ether oxygens (including phenoxy) is 1. The fraction of sp³-hybridized carbons (Fsp3) is 0.438. The van der Waals surface area contributed by atoms with Gasteiger partial charge in [0, 0.05) is 11.1 Å². The lowest BCUT2D eigenvalue weighted by atomic mass is 9.91. The maximum atomic E-state index is 12.6. The number of pyridine rings is 1. The molecule has 9 heteroatoms. The van der Waals surface area contributed by atoms with Gasteiger partial charge in [0.2, 0.25) is 3.79 Å². The van der Waals surface area contributed by atoms with Crippen LogP contribution >= 0.6 is 34.8 Å². The highest BCUT2D eigenvalue weighted by molar-refractivity contribution is 6.67. The monoisotopic (exact) mass is 404 g/mol. The van der Waals surface area contributed by atoms with Crippen LogP contribution in [0.3, 0.4) is 0 Å². The Balaban J connectivity index is 2.54. The van der Waals surface area contributed by atoms with Crippen LogP contribution in [-0.2, 0) is 10.2 Å². The molecule has 0 aromatic carbocycles. The number of halogens is 3. The molecule has 25 heavy (non-hydrogen) atoms. The molecule has 136 valence electrons. The molecule has 2 aromatic rings. The van der Waals surface area contributed by atoms with Gasteiger partial charge in [-0.15, -0.1) is 0 Å². The summed E-state index contributed by atoms with van der Waals surface area (Å²) in [6.45, 7) is 7.29. The van der Waals surface area contributed by atoms with E-state index in [2.05, 4.69) is 10.1 Å². The van der Waals surface area contributed by atoms with Crippen molar-refractivity contribution in [3.63, 3.8) is 0 Å². The number of alkyl halides is 3. The Morgan fingerprint density at radius 1 is 1.28 bits per heavy atom. The molecule has 0 fully saturated rings. The lowest BCUT2D eigenvalue weighted by Crippen LogP contribution is -2.20. The number of rotatable bonds is 3. The van der Waals surface area contributed by atoms with E-state index in [1.165, 1.54) is 4.68 Å². The normalized spacial score (nSPS) is 12.3. The molecule has 0 amide bonds. The third-order valence-electron chi connectivity index (χ3n) is 3.33. The van der Waals surface area contributed by atoms with Crippen LogP contribution in [-0.4, -0.2) is 31.1 Å². The standard InChI is InChI=1S/C16H19Cl3N4O2/c1-9-5-6-10(7-21-9)23-12(14(24)25-8-16(17,18)19)11(20)13(22-23)15(2,3)4/h5-7H,8,20H2,1-4H3. The highest BCUT2D eigenvalue weighted by Crippen LogP contribution is 2.32. The van der Waals surface area contributed by atoms with Crippen molar-refractivity contribution < 1.29 is 9.53 Å². The summed E-state index contributed by atoms with van der Waals surface area (Å²) in [5.41, 5.74) is 8.09. The van der Waals surface area contributed by atoms with Crippen molar-refractivity contribution in [1.29, 1.82) is 0 Å². The first-order valence-corrected chi connectivity index (χ1v) is 8.59. The largest absolute Gasteiger partial charge is 0.456 e. The van der Waals surface area contributed by atoms with Crippen LogP contribution in [0.2, 0.25) is 0 Å². The molecule has 0 unspecified atom stereocenters. The number of nitrogens with two attached hydrogens (primary N) is 1. The van der Waals surface area contributed by atoms with Crippen LogP contribution in [0.25, 0.3) is 5.69 Å². The minimum absolute atomic E-state index is 0.0739. The quantitative estimate of drug-likeness (QED) is 0.617. The fourth-order valence-electron chi connectivity index (χ4n) is 2.17. The van der Waals surface area contributed by atoms with Crippen LogP contribution in [0.15, 0.2) is 18.3 Å². The van der Waals surface area contributed by atoms with Crippen molar-refractivity contribution in [2.24, 2.45) is 0 Å². The van der Waals surface area contributed by atoms with E-state index in [0.29, 0.717) is 11.4 Å². The molecule has 2 heterocycles. The summed E-state index contributed by atoms with van der Waals surface area (Å²) in [5, 5.41) is 4.50. The third-order valence-corrected chi connectivity index (χ3v) is 3.66. The number of anilines is 1. The summed E-state index contributed by atoms with van der Waals surface area (Å²) in [7, 11) is 0. The number of carbonyl (C=O) groups excluding carboxylic acids is 1. The van der Waals surface area contributed by atoms with Gasteiger partial charge >= 0.3 is 5.97 Å². The molecule has 0 radical (unpaired) electrons. The zero-order valence-electron chi connectivity index (χ0n) is 14.3. The average Bonchev–Trinajstić information content (AvgIpc) is 2.82. The second-order valence-electron chi connectivity index (χ2n) is 6.62. The molecular formula is C16H19Cl3N4O2. The van der Waals surface area contributed by atoms with Crippen molar-refractivity contribution in [3.05, 3.63) is 35.4 Å². The van der Waals surface area contributed by atoms with E-state index < -0.39 is 16.4 Å². The maximum Gasteiger partial charge on any atom is 0.359 e. The van der Waals surface area contributed by atoms with Gasteiger partial charge in [0.25, 0.3) is 0 Å². The van der Waals surface area contributed by atoms with E-state index in [0.717, 1.165) is 5.69 Å². The first-order chi connectivity index (χ1) is 11.4. The molecule has 0 aliphatic heterocycles.